The van der Waals surface area contributed by atoms with Crippen molar-refractivity contribution in [2.75, 3.05) is 0 Å². The Kier molecular flexibility index (Phi) is 32.6. The third-order valence-electron chi connectivity index (χ3n) is 5.31. The summed E-state index contributed by atoms with van der Waals surface area (Å²) in [6.07, 6.45) is 24.2. The Hall–Kier alpha value is 0.680. The normalized spacial score (nSPS) is 11.6. The maximum Gasteiger partial charge on any atom is 1.00 e. The molecule has 0 aliphatic rings. The summed E-state index contributed by atoms with van der Waals surface area (Å²) in [5, 5.41) is 21.3. The molecule has 4 nitrogen and oxygen atoms in total. The van der Waals surface area contributed by atoms with Crippen LogP contribution in [0.15, 0.2) is 12.2 Å². The topological polar surface area (TPSA) is 80.3 Å². The van der Waals surface area contributed by atoms with Crippen LogP contribution in [0.3, 0.4) is 0 Å². The number of hydrogen-bond donors (Lipinski definition) is 0. The van der Waals surface area contributed by atoms with Crippen LogP contribution in [0.1, 0.15) is 122 Å². The Morgan fingerprint density at radius 2 is 1.07 bits per heavy atom. The maximum atomic E-state index is 10.8. The number of hydrogen-bond acceptors (Lipinski definition) is 4. The Bertz CT molecular complexity index is 414. The van der Waals surface area contributed by atoms with Gasteiger partial charge in [-0.15, -0.1) is 0 Å². The molecule has 0 aromatic carbocycles. The quantitative estimate of drug-likeness (QED) is 0.126. The van der Waals surface area contributed by atoms with E-state index in [1.54, 1.807) is 0 Å². The molecule has 0 rings (SSSR count). The largest absolute Gasteiger partial charge is 1.00 e. The minimum Gasteiger partial charge on any atom is -0.550 e. The van der Waals surface area contributed by atoms with Gasteiger partial charge in [-0.3, -0.25) is 0 Å². The zero-order valence-electron chi connectivity index (χ0n) is 20.1. The van der Waals surface area contributed by atoms with E-state index in [1.165, 1.54) is 70.6 Å². The van der Waals surface area contributed by atoms with Crippen LogP contribution >= 0.6 is 0 Å². The molecule has 0 saturated carbocycles. The molecule has 1 unspecified atom stereocenters. The smallest absolute Gasteiger partial charge is 0.550 e. The summed E-state index contributed by atoms with van der Waals surface area (Å²) in [6.45, 7) is 2.26. The van der Waals surface area contributed by atoms with Gasteiger partial charge in [0.15, 0.2) is 0 Å². The predicted molar refractivity (Wildman–Crippen MR) is 111 cm³/mol. The Morgan fingerprint density at radius 1 is 0.667 bits per heavy atom. The van der Waals surface area contributed by atoms with E-state index >= 15 is 0 Å². The molecule has 1 atom stereocenters. The average molecular weight is 441 g/mol. The van der Waals surface area contributed by atoms with Crippen LogP contribution in [-0.4, -0.2) is 11.9 Å². The van der Waals surface area contributed by atoms with Crippen molar-refractivity contribution in [3.05, 3.63) is 12.2 Å². The van der Waals surface area contributed by atoms with Gasteiger partial charge in [-0.25, -0.2) is 0 Å². The summed E-state index contributed by atoms with van der Waals surface area (Å²) in [7, 11) is 0. The Morgan fingerprint density at radius 3 is 1.47 bits per heavy atom. The van der Waals surface area contributed by atoms with Crippen molar-refractivity contribution in [2.24, 2.45) is 5.92 Å². The number of rotatable bonds is 21. The van der Waals surface area contributed by atoms with E-state index in [2.05, 4.69) is 19.1 Å². The number of allylic oxidation sites excluding steroid dienone is 2. The van der Waals surface area contributed by atoms with Crippen molar-refractivity contribution in [2.45, 2.75) is 122 Å². The van der Waals surface area contributed by atoms with E-state index in [1.807, 2.05) is 0 Å². The van der Waals surface area contributed by atoms with Crippen molar-refractivity contribution in [3.63, 3.8) is 0 Å². The van der Waals surface area contributed by atoms with Gasteiger partial charge in [0, 0.05) is 17.9 Å². The van der Waals surface area contributed by atoms with Crippen molar-refractivity contribution in [1.82, 2.24) is 0 Å². The number of carboxylic acid groups (broad SMARTS) is 2. The summed E-state index contributed by atoms with van der Waals surface area (Å²) < 4.78 is 0. The van der Waals surface area contributed by atoms with Gasteiger partial charge in [-0.2, -0.15) is 0 Å². The van der Waals surface area contributed by atoms with Gasteiger partial charge in [0.05, 0.1) is 0 Å². The number of unbranched alkanes of at least 4 members (excludes halogenated alkanes) is 14. The Labute approximate surface area is 229 Å². The van der Waals surface area contributed by atoms with Gasteiger partial charge < -0.3 is 19.8 Å². The minimum absolute atomic E-state index is 0. The second-order valence-corrected chi connectivity index (χ2v) is 8.03. The summed E-state index contributed by atoms with van der Waals surface area (Å²) in [6, 6.07) is 0. The van der Waals surface area contributed by atoms with Crippen LogP contribution in [0, 0.1) is 5.92 Å². The second kappa shape index (κ2) is 27.7. The number of carbonyl (C=O) groups excluding carboxylic acids is 2. The average Bonchev–Trinajstić information content (AvgIpc) is 2.65. The van der Waals surface area contributed by atoms with E-state index in [0.717, 1.165) is 32.1 Å². The van der Waals surface area contributed by atoms with E-state index in [0.29, 0.717) is 6.42 Å². The molecule has 0 saturated heterocycles. The molecule has 164 valence electrons. The molecular formula is C24H42Na2O4. The van der Waals surface area contributed by atoms with Crippen LogP contribution in [0.2, 0.25) is 0 Å². The number of carboxylic acids is 2. The first-order valence-electron chi connectivity index (χ1n) is 11.6. The molecule has 0 heterocycles. The van der Waals surface area contributed by atoms with Gasteiger partial charge in [0.2, 0.25) is 0 Å². The third-order valence-corrected chi connectivity index (χ3v) is 5.31. The molecule has 0 aromatic heterocycles. The van der Waals surface area contributed by atoms with Gasteiger partial charge >= 0.3 is 59.1 Å². The van der Waals surface area contributed by atoms with Crippen molar-refractivity contribution < 1.29 is 78.9 Å². The molecule has 0 bridgehead atoms. The minimum atomic E-state index is -1.32. The SMILES string of the molecule is CCCCCCCCCCCC/C=C/CCCCCCC(CC(=O)[O-])C(=O)[O-].[Na+].[Na+]. The number of carbonyl (C=O) groups is 2. The van der Waals surface area contributed by atoms with Crippen molar-refractivity contribution >= 4 is 11.9 Å². The number of aliphatic carboxylic acids is 2. The zero-order chi connectivity index (χ0) is 20.9. The first-order valence-corrected chi connectivity index (χ1v) is 11.6. The van der Waals surface area contributed by atoms with Crippen molar-refractivity contribution in [1.29, 1.82) is 0 Å². The zero-order valence-corrected chi connectivity index (χ0v) is 24.1. The first-order chi connectivity index (χ1) is 13.6. The standard InChI is InChI=1S/C24H44O4.2Na/c1-2-3-4-5-6-7-8-9-10-11-12-13-14-15-16-17-18-19-20-22(24(27)28)21-23(25)26;;/h13-14,22H,2-12,15-21H2,1H3,(H,25,26)(H,27,28);;/q;2*+1/p-2/b14-13+;;. The molecular weight excluding hydrogens is 398 g/mol. The van der Waals surface area contributed by atoms with Gasteiger partial charge in [-0.1, -0.05) is 96.1 Å². The molecule has 0 radical (unpaired) electrons. The maximum absolute atomic E-state index is 10.8. The fourth-order valence-electron chi connectivity index (χ4n) is 3.50. The van der Waals surface area contributed by atoms with Crippen LogP contribution in [0.4, 0.5) is 0 Å². The van der Waals surface area contributed by atoms with E-state index in [-0.39, 0.29) is 59.1 Å². The van der Waals surface area contributed by atoms with E-state index in [4.69, 9.17) is 0 Å². The predicted octanol–water partition coefficient (Wildman–Crippen LogP) is -1.29. The Balaban J connectivity index is -0.00000364. The van der Waals surface area contributed by atoms with Gasteiger partial charge in [-0.05, 0) is 38.5 Å². The molecule has 0 spiro atoms. The summed E-state index contributed by atoms with van der Waals surface area (Å²) >= 11 is 0. The molecule has 30 heavy (non-hydrogen) atoms. The van der Waals surface area contributed by atoms with Crippen LogP contribution in [-0.2, 0) is 9.59 Å². The first kappa shape index (κ1) is 35.3. The summed E-state index contributed by atoms with van der Waals surface area (Å²) in [4.78, 5) is 21.3. The molecule has 0 aromatic rings. The summed E-state index contributed by atoms with van der Waals surface area (Å²) in [5.41, 5.74) is 0. The fraction of sp³-hybridized carbons (Fsp3) is 0.833. The molecule has 0 aliphatic heterocycles. The van der Waals surface area contributed by atoms with Crippen molar-refractivity contribution in [3.8, 4) is 0 Å². The fourth-order valence-corrected chi connectivity index (χ4v) is 3.50. The molecule has 0 aliphatic carbocycles. The van der Waals surface area contributed by atoms with E-state index in [9.17, 15) is 19.8 Å². The van der Waals surface area contributed by atoms with Gasteiger partial charge in [0.25, 0.3) is 0 Å². The molecule has 0 amide bonds. The monoisotopic (exact) mass is 440 g/mol. The second-order valence-electron chi connectivity index (χ2n) is 8.03. The summed E-state index contributed by atoms with van der Waals surface area (Å²) in [5.74, 6) is -3.51. The van der Waals surface area contributed by atoms with Crippen LogP contribution < -0.4 is 69.3 Å². The molecule has 6 heteroatoms. The van der Waals surface area contributed by atoms with E-state index < -0.39 is 24.3 Å². The van der Waals surface area contributed by atoms with Crippen LogP contribution in [0.5, 0.6) is 0 Å². The van der Waals surface area contributed by atoms with Crippen LogP contribution in [0.25, 0.3) is 0 Å². The third kappa shape index (κ3) is 26.7. The van der Waals surface area contributed by atoms with Gasteiger partial charge in [0.1, 0.15) is 0 Å². The molecule has 0 fully saturated rings. The molecule has 0 N–H and O–H groups in total.